The Morgan fingerprint density at radius 1 is 1.03 bits per heavy atom. The van der Waals surface area contributed by atoms with Crippen molar-refractivity contribution in [3.05, 3.63) is 59.7 Å². The number of carboxylic acid groups (broad SMARTS) is 1. The SMILES string of the molecule is CC(CCCNC(=O)[C@@H]1CCC[C@@H](NC(=O)OCC2c3ccccc3-c3ccccc32)C1)C(=O)O. The number of rotatable bonds is 9. The number of fused-ring (bicyclic) bond motifs is 3. The minimum absolute atomic E-state index is 0.0156. The summed E-state index contributed by atoms with van der Waals surface area (Å²) in [5.41, 5.74) is 4.73. The third-order valence-corrected chi connectivity index (χ3v) is 7.25. The Hall–Kier alpha value is -3.35. The summed E-state index contributed by atoms with van der Waals surface area (Å²) < 4.78 is 5.66. The van der Waals surface area contributed by atoms with Gasteiger partial charge in [-0.1, -0.05) is 61.9 Å². The van der Waals surface area contributed by atoms with Crippen molar-refractivity contribution in [1.29, 1.82) is 0 Å². The zero-order valence-corrected chi connectivity index (χ0v) is 20.2. The smallest absolute Gasteiger partial charge is 0.407 e. The molecule has 2 amide bonds. The summed E-state index contributed by atoms with van der Waals surface area (Å²) in [6, 6.07) is 16.4. The second-order valence-electron chi connectivity index (χ2n) is 9.70. The first-order valence-corrected chi connectivity index (χ1v) is 12.6. The number of amides is 2. The molecule has 0 bridgehead atoms. The van der Waals surface area contributed by atoms with E-state index in [0.29, 0.717) is 25.8 Å². The van der Waals surface area contributed by atoms with Gasteiger partial charge in [-0.05, 0) is 54.4 Å². The molecule has 0 heterocycles. The summed E-state index contributed by atoms with van der Waals surface area (Å²) >= 11 is 0. The van der Waals surface area contributed by atoms with Gasteiger partial charge in [0.2, 0.25) is 5.91 Å². The maximum Gasteiger partial charge on any atom is 0.407 e. The van der Waals surface area contributed by atoms with Gasteiger partial charge in [0.05, 0.1) is 5.92 Å². The Kier molecular flexibility index (Phi) is 8.06. The van der Waals surface area contributed by atoms with Gasteiger partial charge < -0.3 is 20.5 Å². The summed E-state index contributed by atoms with van der Waals surface area (Å²) in [6.07, 6.45) is 3.79. The minimum Gasteiger partial charge on any atom is -0.481 e. The summed E-state index contributed by atoms with van der Waals surface area (Å²) in [5.74, 6) is -1.38. The van der Waals surface area contributed by atoms with Crippen LogP contribution in [0.3, 0.4) is 0 Å². The number of alkyl carbamates (subject to hydrolysis) is 1. The quantitative estimate of drug-likeness (QED) is 0.453. The van der Waals surface area contributed by atoms with E-state index in [-0.39, 0.29) is 30.4 Å². The molecule has 2 aromatic carbocycles. The number of carbonyl (C=O) groups excluding carboxylic acids is 2. The van der Waals surface area contributed by atoms with E-state index in [2.05, 4.69) is 34.9 Å². The highest BCUT2D eigenvalue weighted by atomic mass is 16.5. The number of hydrogen-bond acceptors (Lipinski definition) is 4. The molecule has 3 atom stereocenters. The normalized spacial score (nSPS) is 19.8. The molecule has 0 radical (unpaired) electrons. The van der Waals surface area contributed by atoms with E-state index in [4.69, 9.17) is 9.84 Å². The van der Waals surface area contributed by atoms with Crippen LogP contribution in [0.4, 0.5) is 4.79 Å². The zero-order valence-electron chi connectivity index (χ0n) is 20.2. The molecule has 35 heavy (non-hydrogen) atoms. The van der Waals surface area contributed by atoms with Crippen LogP contribution in [0, 0.1) is 11.8 Å². The van der Waals surface area contributed by atoms with Gasteiger partial charge in [-0.25, -0.2) is 4.79 Å². The van der Waals surface area contributed by atoms with Crippen molar-refractivity contribution in [2.45, 2.75) is 57.4 Å². The lowest BCUT2D eigenvalue weighted by Gasteiger charge is -2.29. The molecule has 1 unspecified atom stereocenters. The molecule has 2 aliphatic carbocycles. The monoisotopic (exact) mass is 478 g/mol. The first kappa shape index (κ1) is 24.8. The Bertz CT molecular complexity index is 1020. The topological polar surface area (TPSA) is 105 Å². The van der Waals surface area contributed by atoms with Gasteiger partial charge in [0.15, 0.2) is 0 Å². The lowest BCUT2D eigenvalue weighted by molar-refractivity contribution is -0.141. The highest BCUT2D eigenvalue weighted by Gasteiger charge is 2.31. The number of benzene rings is 2. The van der Waals surface area contributed by atoms with Gasteiger partial charge in [-0.15, -0.1) is 0 Å². The van der Waals surface area contributed by atoms with E-state index in [1.54, 1.807) is 6.92 Å². The van der Waals surface area contributed by atoms with E-state index >= 15 is 0 Å². The molecule has 2 aliphatic rings. The molecule has 0 saturated heterocycles. The van der Waals surface area contributed by atoms with Crippen molar-refractivity contribution in [3.63, 3.8) is 0 Å². The Labute approximate surface area is 206 Å². The Balaban J connectivity index is 1.24. The molecule has 1 fully saturated rings. The summed E-state index contributed by atoms with van der Waals surface area (Å²) in [7, 11) is 0. The first-order chi connectivity index (χ1) is 16.9. The van der Waals surface area contributed by atoms with E-state index in [0.717, 1.165) is 19.3 Å². The van der Waals surface area contributed by atoms with Crippen LogP contribution >= 0.6 is 0 Å². The lowest BCUT2D eigenvalue weighted by atomic mass is 9.85. The molecule has 2 aromatic rings. The van der Waals surface area contributed by atoms with E-state index in [1.807, 2.05) is 24.3 Å². The maximum absolute atomic E-state index is 12.6. The van der Waals surface area contributed by atoms with Gasteiger partial charge in [0.1, 0.15) is 6.61 Å². The Morgan fingerprint density at radius 3 is 2.34 bits per heavy atom. The third-order valence-electron chi connectivity index (χ3n) is 7.25. The third kappa shape index (κ3) is 6.02. The van der Waals surface area contributed by atoms with Crippen molar-refractivity contribution in [2.75, 3.05) is 13.2 Å². The molecule has 7 heteroatoms. The van der Waals surface area contributed by atoms with Crippen LogP contribution in [0.2, 0.25) is 0 Å². The van der Waals surface area contributed by atoms with Crippen molar-refractivity contribution in [2.24, 2.45) is 11.8 Å². The van der Waals surface area contributed by atoms with Crippen LogP contribution in [0.15, 0.2) is 48.5 Å². The fourth-order valence-electron chi connectivity index (χ4n) is 5.25. The molecule has 0 spiro atoms. The fraction of sp³-hybridized carbons (Fsp3) is 0.464. The van der Waals surface area contributed by atoms with Gasteiger partial charge in [-0.2, -0.15) is 0 Å². The first-order valence-electron chi connectivity index (χ1n) is 12.6. The molecule has 7 nitrogen and oxygen atoms in total. The highest BCUT2D eigenvalue weighted by Crippen LogP contribution is 2.44. The van der Waals surface area contributed by atoms with Gasteiger partial charge in [0.25, 0.3) is 0 Å². The van der Waals surface area contributed by atoms with Crippen molar-refractivity contribution >= 4 is 18.0 Å². The number of aliphatic carboxylic acids is 1. The number of hydrogen-bond donors (Lipinski definition) is 3. The van der Waals surface area contributed by atoms with Gasteiger partial charge in [0, 0.05) is 24.4 Å². The maximum atomic E-state index is 12.6. The zero-order chi connectivity index (χ0) is 24.8. The standard InChI is InChI=1S/C28H34N2O5/c1-18(27(32)33)8-7-15-29-26(31)19-9-6-10-20(16-19)30-28(34)35-17-25-23-13-4-2-11-21(23)22-12-3-5-14-24(22)25/h2-5,11-14,18-20,25H,6-10,15-17H2,1H3,(H,29,31)(H,30,34)(H,32,33)/t18?,19-,20-/m1/s1. The summed E-state index contributed by atoms with van der Waals surface area (Å²) in [5, 5.41) is 14.8. The van der Waals surface area contributed by atoms with Crippen LogP contribution in [-0.2, 0) is 14.3 Å². The van der Waals surface area contributed by atoms with Crippen LogP contribution in [0.5, 0.6) is 0 Å². The van der Waals surface area contributed by atoms with Crippen LogP contribution in [-0.4, -0.2) is 42.3 Å². The molecule has 3 N–H and O–H groups in total. The molecule has 186 valence electrons. The van der Waals surface area contributed by atoms with Crippen molar-refractivity contribution in [3.8, 4) is 11.1 Å². The highest BCUT2D eigenvalue weighted by molar-refractivity contribution is 5.80. The van der Waals surface area contributed by atoms with Crippen LogP contribution < -0.4 is 10.6 Å². The average Bonchev–Trinajstić information content (AvgIpc) is 3.19. The number of carbonyl (C=O) groups is 3. The van der Waals surface area contributed by atoms with E-state index < -0.39 is 18.0 Å². The van der Waals surface area contributed by atoms with Gasteiger partial charge in [-0.3, -0.25) is 9.59 Å². The Morgan fingerprint density at radius 2 is 1.69 bits per heavy atom. The number of carboxylic acids is 1. The summed E-state index contributed by atoms with van der Waals surface area (Å²) in [4.78, 5) is 36.1. The van der Waals surface area contributed by atoms with Crippen molar-refractivity contribution < 1.29 is 24.2 Å². The number of nitrogens with one attached hydrogen (secondary N) is 2. The summed E-state index contributed by atoms with van der Waals surface area (Å²) in [6.45, 7) is 2.41. The largest absolute Gasteiger partial charge is 0.481 e. The van der Waals surface area contributed by atoms with E-state index in [9.17, 15) is 14.4 Å². The average molecular weight is 479 g/mol. The lowest BCUT2D eigenvalue weighted by Crippen LogP contribution is -2.43. The molecule has 0 aromatic heterocycles. The van der Waals surface area contributed by atoms with Crippen LogP contribution in [0.25, 0.3) is 11.1 Å². The predicted molar refractivity (Wildman–Crippen MR) is 133 cm³/mol. The molecule has 4 rings (SSSR count). The number of ether oxygens (including phenoxy) is 1. The molecular weight excluding hydrogens is 444 g/mol. The minimum atomic E-state index is -0.814. The van der Waals surface area contributed by atoms with Crippen molar-refractivity contribution in [1.82, 2.24) is 10.6 Å². The molecule has 0 aliphatic heterocycles. The van der Waals surface area contributed by atoms with E-state index in [1.165, 1.54) is 22.3 Å². The predicted octanol–water partition coefficient (Wildman–Crippen LogP) is 4.70. The van der Waals surface area contributed by atoms with Gasteiger partial charge >= 0.3 is 12.1 Å². The molecular formula is C28H34N2O5. The second-order valence-corrected chi connectivity index (χ2v) is 9.70. The van der Waals surface area contributed by atoms with Crippen LogP contribution in [0.1, 0.15) is 62.5 Å². The molecule has 1 saturated carbocycles. The fourth-order valence-corrected chi connectivity index (χ4v) is 5.25. The second kappa shape index (κ2) is 11.4.